The third-order valence-electron chi connectivity index (χ3n) is 2.28. The summed E-state index contributed by atoms with van der Waals surface area (Å²) in [4.78, 5) is 5.63. The number of aryl methyl sites for hydroxylation is 1. The van der Waals surface area contributed by atoms with Crippen molar-refractivity contribution < 1.29 is 0 Å². The molecule has 2 rings (SSSR count). The van der Waals surface area contributed by atoms with Gasteiger partial charge in [0.15, 0.2) is 0 Å². The Labute approximate surface area is 99.3 Å². The number of nitrogens with one attached hydrogen (secondary N) is 1. The lowest BCUT2D eigenvalue weighted by Crippen LogP contribution is -2.19. The van der Waals surface area contributed by atoms with E-state index in [4.69, 9.17) is 0 Å². The molecule has 2 aromatic heterocycles. The Morgan fingerprint density at radius 3 is 3.12 bits per heavy atom. The van der Waals surface area contributed by atoms with Crippen LogP contribution in [-0.4, -0.2) is 21.3 Å². The van der Waals surface area contributed by atoms with Gasteiger partial charge in [-0.3, -0.25) is 4.68 Å². The highest BCUT2D eigenvalue weighted by Gasteiger charge is 1.99. The molecule has 0 aromatic carbocycles. The van der Waals surface area contributed by atoms with Gasteiger partial charge >= 0.3 is 0 Å². The molecule has 0 saturated heterocycles. The molecule has 0 aliphatic heterocycles. The molecule has 0 unspecified atom stereocenters. The molecule has 4 nitrogen and oxygen atoms in total. The van der Waals surface area contributed by atoms with Gasteiger partial charge in [0.2, 0.25) is 0 Å². The molecule has 0 bridgehead atoms. The summed E-state index contributed by atoms with van der Waals surface area (Å²) in [7, 11) is 0. The van der Waals surface area contributed by atoms with Crippen LogP contribution in [0.15, 0.2) is 24.7 Å². The van der Waals surface area contributed by atoms with E-state index in [2.05, 4.69) is 22.3 Å². The summed E-state index contributed by atoms with van der Waals surface area (Å²) in [5.74, 6) is 0. The van der Waals surface area contributed by atoms with Crippen molar-refractivity contribution in [3.63, 3.8) is 0 Å². The second kappa shape index (κ2) is 5.77. The van der Waals surface area contributed by atoms with Crippen LogP contribution in [0.4, 0.5) is 0 Å². The molecular formula is C11H16N4S. The van der Waals surface area contributed by atoms with Crippen molar-refractivity contribution in [1.29, 1.82) is 0 Å². The van der Waals surface area contributed by atoms with E-state index in [-0.39, 0.29) is 0 Å². The first kappa shape index (κ1) is 11.3. The number of nitrogens with zero attached hydrogens (tertiary/aromatic N) is 3. The topological polar surface area (TPSA) is 42.7 Å². The number of hydrogen-bond donors (Lipinski definition) is 1. The molecule has 0 saturated carbocycles. The largest absolute Gasteiger partial charge is 0.310 e. The molecule has 86 valence electrons. The maximum absolute atomic E-state index is 4.32. The Bertz CT molecular complexity index is 407. The van der Waals surface area contributed by atoms with Gasteiger partial charge in [-0.15, -0.1) is 11.3 Å². The van der Waals surface area contributed by atoms with Crippen molar-refractivity contribution in [3.8, 4) is 0 Å². The van der Waals surface area contributed by atoms with Gasteiger partial charge in [0.25, 0.3) is 0 Å². The van der Waals surface area contributed by atoms with E-state index in [1.54, 1.807) is 17.5 Å². The first-order chi connectivity index (χ1) is 7.88. The van der Waals surface area contributed by atoms with Gasteiger partial charge in [-0.05, 0) is 12.5 Å². The van der Waals surface area contributed by atoms with Crippen LogP contribution < -0.4 is 5.32 Å². The second-order valence-corrected chi connectivity index (χ2v) is 4.72. The molecule has 1 N–H and O–H groups in total. The van der Waals surface area contributed by atoms with E-state index in [0.29, 0.717) is 0 Å². The molecule has 0 aliphatic rings. The number of hydrogen-bond acceptors (Lipinski definition) is 4. The van der Waals surface area contributed by atoms with E-state index in [0.717, 1.165) is 26.1 Å². The third-order valence-corrected chi connectivity index (χ3v) is 3.42. The SMILES string of the molecule is CCc1ncc(CNCCn2cccn2)s1. The van der Waals surface area contributed by atoms with Crippen LogP contribution in [0, 0.1) is 0 Å². The fourth-order valence-corrected chi connectivity index (χ4v) is 2.26. The lowest BCUT2D eigenvalue weighted by atomic mass is 10.5. The van der Waals surface area contributed by atoms with Gasteiger partial charge in [-0.1, -0.05) is 6.92 Å². The van der Waals surface area contributed by atoms with E-state index < -0.39 is 0 Å². The molecule has 0 aliphatic carbocycles. The minimum absolute atomic E-state index is 0.902. The number of thiazole rings is 1. The molecule has 0 fully saturated rings. The van der Waals surface area contributed by atoms with Crippen molar-refractivity contribution >= 4 is 11.3 Å². The highest BCUT2D eigenvalue weighted by Crippen LogP contribution is 2.12. The normalized spacial score (nSPS) is 10.8. The van der Waals surface area contributed by atoms with Crippen molar-refractivity contribution in [2.45, 2.75) is 26.4 Å². The predicted molar refractivity (Wildman–Crippen MR) is 65.4 cm³/mol. The molecule has 0 amide bonds. The Balaban J connectivity index is 1.68. The quantitative estimate of drug-likeness (QED) is 0.776. The van der Waals surface area contributed by atoms with E-state index in [9.17, 15) is 0 Å². The first-order valence-electron chi connectivity index (χ1n) is 5.50. The zero-order chi connectivity index (χ0) is 11.2. The van der Waals surface area contributed by atoms with Crippen LogP contribution in [0.5, 0.6) is 0 Å². The molecular weight excluding hydrogens is 220 g/mol. The predicted octanol–water partition coefficient (Wildman–Crippen LogP) is 1.69. The van der Waals surface area contributed by atoms with Gasteiger partial charge in [0, 0.05) is 36.6 Å². The van der Waals surface area contributed by atoms with Crippen LogP contribution in [0.2, 0.25) is 0 Å². The lowest BCUT2D eigenvalue weighted by Gasteiger charge is -2.02. The Kier molecular flexibility index (Phi) is 4.07. The van der Waals surface area contributed by atoms with Gasteiger partial charge in [0.05, 0.1) is 11.6 Å². The summed E-state index contributed by atoms with van der Waals surface area (Å²) in [5, 5.41) is 8.74. The summed E-state index contributed by atoms with van der Waals surface area (Å²) in [6, 6.07) is 1.94. The monoisotopic (exact) mass is 236 g/mol. The van der Waals surface area contributed by atoms with Crippen LogP contribution in [0.1, 0.15) is 16.8 Å². The van der Waals surface area contributed by atoms with E-state index in [1.165, 1.54) is 9.88 Å². The summed E-state index contributed by atoms with van der Waals surface area (Å²) >= 11 is 1.78. The maximum Gasteiger partial charge on any atom is 0.0925 e. The highest BCUT2D eigenvalue weighted by atomic mass is 32.1. The molecule has 2 heterocycles. The molecule has 2 aromatic rings. The van der Waals surface area contributed by atoms with Crippen LogP contribution >= 0.6 is 11.3 Å². The minimum Gasteiger partial charge on any atom is -0.310 e. The number of rotatable bonds is 6. The van der Waals surface area contributed by atoms with Gasteiger partial charge < -0.3 is 5.32 Å². The van der Waals surface area contributed by atoms with Crippen LogP contribution in [0.3, 0.4) is 0 Å². The van der Waals surface area contributed by atoms with E-state index in [1.807, 2.05) is 23.1 Å². The molecule has 5 heteroatoms. The Morgan fingerprint density at radius 1 is 1.50 bits per heavy atom. The smallest absolute Gasteiger partial charge is 0.0925 e. The average Bonchev–Trinajstić information content (AvgIpc) is 2.95. The van der Waals surface area contributed by atoms with Crippen molar-refractivity contribution in [3.05, 3.63) is 34.5 Å². The van der Waals surface area contributed by atoms with Crippen LogP contribution in [0.25, 0.3) is 0 Å². The van der Waals surface area contributed by atoms with Crippen molar-refractivity contribution in [1.82, 2.24) is 20.1 Å². The van der Waals surface area contributed by atoms with Gasteiger partial charge in [0.1, 0.15) is 0 Å². The zero-order valence-electron chi connectivity index (χ0n) is 9.39. The Morgan fingerprint density at radius 2 is 2.44 bits per heavy atom. The molecule has 0 atom stereocenters. The maximum atomic E-state index is 4.32. The van der Waals surface area contributed by atoms with E-state index >= 15 is 0 Å². The number of aromatic nitrogens is 3. The first-order valence-corrected chi connectivity index (χ1v) is 6.32. The lowest BCUT2D eigenvalue weighted by molar-refractivity contribution is 0.556. The second-order valence-electron chi connectivity index (χ2n) is 3.52. The molecule has 0 spiro atoms. The van der Waals surface area contributed by atoms with Gasteiger partial charge in [-0.25, -0.2) is 4.98 Å². The summed E-state index contributed by atoms with van der Waals surface area (Å²) in [5.41, 5.74) is 0. The summed E-state index contributed by atoms with van der Waals surface area (Å²) in [6.45, 7) is 4.88. The van der Waals surface area contributed by atoms with Crippen molar-refractivity contribution in [2.24, 2.45) is 0 Å². The van der Waals surface area contributed by atoms with Gasteiger partial charge in [-0.2, -0.15) is 5.10 Å². The molecule has 0 radical (unpaired) electrons. The minimum atomic E-state index is 0.902. The van der Waals surface area contributed by atoms with Crippen LogP contribution in [-0.2, 0) is 19.5 Å². The fourth-order valence-electron chi connectivity index (χ4n) is 1.43. The highest BCUT2D eigenvalue weighted by molar-refractivity contribution is 7.11. The summed E-state index contributed by atoms with van der Waals surface area (Å²) < 4.78 is 1.93. The average molecular weight is 236 g/mol. The Hall–Kier alpha value is -1.20. The fraction of sp³-hybridized carbons (Fsp3) is 0.455. The molecule has 16 heavy (non-hydrogen) atoms. The third kappa shape index (κ3) is 3.15. The van der Waals surface area contributed by atoms with Crippen molar-refractivity contribution in [2.75, 3.05) is 6.54 Å². The summed E-state index contributed by atoms with van der Waals surface area (Å²) in [6.07, 6.45) is 6.77. The zero-order valence-corrected chi connectivity index (χ0v) is 10.2. The standard InChI is InChI=1S/C11H16N4S/c1-2-11-13-9-10(16-11)8-12-5-7-15-6-3-4-14-15/h3-4,6,9,12H,2,5,7-8H2,1H3.